The highest BCUT2D eigenvalue weighted by Crippen LogP contribution is 2.29. The maximum atomic E-state index is 12.7. The van der Waals surface area contributed by atoms with Crippen LogP contribution < -0.4 is 10.5 Å². The summed E-state index contributed by atoms with van der Waals surface area (Å²) in [6, 6.07) is 7.82. The van der Waals surface area contributed by atoms with E-state index in [2.05, 4.69) is 36.4 Å². The molecule has 0 saturated carbocycles. The molecule has 2 aromatic carbocycles. The van der Waals surface area contributed by atoms with E-state index in [0.717, 1.165) is 12.1 Å². The summed E-state index contributed by atoms with van der Waals surface area (Å²) in [6.45, 7) is 8.09. The summed E-state index contributed by atoms with van der Waals surface area (Å²) in [5.74, 6) is 3.08. The van der Waals surface area contributed by atoms with Gasteiger partial charge in [-0.25, -0.2) is 13.6 Å². The molecule has 2 aromatic rings. The van der Waals surface area contributed by atoms with Crippen molar-refractivity contribution in [3.63, 3.8) is 0 Å². The lowest BCUT2D eigenvalue weighted by Crippen LogP contribution is -2.17. The molecule has 0 saturated heterocycles. The summed E-state index contributed by atoms with van der Waals surface area (Å²) < 4.78 is 61.8. The number of benzene rings is 2. The molecule has 0 aromatic heterocycles. The van der Waals surface area contributed by atoms with Crippen LogP contribution in [-0.4, -0.2) is 16.5 Å². The van der Waals surface area contributed by atoms with Gasteiger partial charge in [-0.05, 0) is 42.3 Å². The van der Waals surface area contributed by atoms with Gasteiger partial charge >= 0.3 is 6.18 Å². The molecule has 2 rings (SSSR count). The van der Waals surface area contributed by atoms with Crippen molar-refractivity contribution in [3.05, 3.63) is 58.7 Å². The fourth-order valence-electron chi connectivity index (χ4n) is 2.57. The first-order chi connectivity index (χ1) is 13.2. The highest BCUT2D eigenvalue weighted by molar-refractivity contribution is 7.89. The van der Waals surface area contributed by atoms with E-state index in [1.807, 2.05) is 0 Å². The highest BCUT2D eigenvalue weighted by Gasteiger charge is 2.29. The molecule has 0 spiro atoms. The first-order valence-electron chi connectivity index (χ1n) is 8.78. The summed E-state index contributed by atoms with van der Waals surface area (Å²) in [6.07, 6.45) is -4.38. The van der Waals surface area contributed by atoms with E-state index in [1.54, 1.807) is 13.0 Å². The number of sulfonamides is 1. The van der Waals surface area contributed by atoms with E-state index in [9.17, 15) is 21.6 Å². The third-order valence-electron chi connectivity index (χ3n) is 4.05. The Morgan fingerprint density at radius 2 is 1.66 bits per heavy atom. The number of nitrogens with one attached hydrogen (secondary N) is 1. The molecule has 4 nitrogen and oxygen atoms in total. The highest BCUT2D eigenvalue weighted by atomic mass is 32.2. The van der Waals surface area contributed by atoms with E-state index >= 15 is 0 Å². The van der Waals surface area contributed by atoms with Crippen LogP contribution in [0.2, 0.25) is 19.6 Å². The molecule has 29 heavy (non-hydrogen) atoms. The Hall–Kier alpha value is -2.28. The molecule has 0 amide bonds. The molecule has 0 bridgehead atoms. The molecule has 0 atom stereocenters. The second kappa shape index (κ2) is 8.22. The van der Waals surface area contributed by atoms with Crippen LogP contribution in [0, 0.1) is 18.4 Å². The Bertz CT molecular complexity index is 1060. The summed E-state index contributed by atoms with van der Waals surface area (Å²) in [5, 5.41) is 8.43. The average Bonchev–Trinajstić information content (AvgIpc) is 2.56. The van der Waals surface area contributed by atoms with E-state index in [-0.39, 0.29) is 11.4 Å². The van der Waals surface area contributed by atoms with E-state index < -0.39 is 29.8 Å². The topological polar surface area (TPSA) is 72.2 Å². The zero-order valence-electron chi connectivity index (χ0n) is 16.6. The van der Waals surface area contributed by atoms with Gasteiger partial charge in [0, 0.05) is 6.54 Å². The first-order valence-corrected chi connectivity index (χ1v) is 13.8. The Kier molecular flexibility index (Phi) is 6.52. The number of rotatable bonds is 4. The Labute approximate surface area is 170 Å². The Morgan fingerprint density at radius 3 is 2.14 bits per heavy atom. The van der Waals surface area contributed by atoms with Gasteiger partial charge in [-0.3, -0.25) is 0 Å². The van der Waals surface area contributed by atoms with Crippen LogP contribution in [-0.2, 0) is 22.7 Å². The average molecular weight is 441 g/mol. The van der Waals surface area contributed by atoms with E-state index in [1.165, 1.54) is 18.2 Å². The van der Waals surface area contributed by atoms with Crippen molar-refractivity contribution in [2.45, 2.75) is 44.2 Å². The Balaban J connectivity index is 2.39. The van der Waals surface area contributed by atoms with Gasteiger partial charge in [-0.2, -0.15) is 13.2 Å². The van der Waals surface area contributed by atoms with Gasteiger partial charge in [0.15, 0.2) is 0 Å². The lowest BCUT2D eigenvalue weighted by atomic mass is 10.1. The van der Waals surface area contributed by atoms with Crippen molar-refractivity contribution in [2.75, 3.05) is 5.32 Å². The maximum Gasteiger partial charge on any atom is 0.416 e. The van der Waals surface area contributed by atoms with Crippen molar-refractivity contribution in [1.29, 1.82) is 0 Å². The molecule has 0 radical (unpaired) electrons. The molecule has 0 heterocycles. The monoisotopic (exact) mass is 440 g/mol. The molecule has 0 fully saturated rings. The van der Waals surface area contributed by atoms with Gasteiger partial charge in [0.25, 0.3) is 0 Å². The van der Waals surface area contributed by atoms with Crippen LogP contribution in [0.1, 0.15) is 22.3 Å². The number of hydrogen-bond donors (Lipinski definition) is 2. The van der Waals surface area contributed by atoms with E-state index in [4.69, 9.17) is 5.14 Å². The molecule has 0 aliphatic rings. The lowest BCUT2D eigenvalue weighted by Gasteiger charge is -2.15. The standard InChI is InChI=1S/C20H23F3N2O2SSi/c1-14-17(11-12-29(2,3)4)18(9-10-19(14)28(24,26)27)25-13-15-5-7-16(8-6-15)20(21,22)23/h5-10,25H,13H2,1-4H3,(H2,24,26,27). The number of halogens is 3. The number of hydrogen-bond acceptors (Lipinski definition) is 3. The molecule has 0 aliphatic carbocycles. The quantitative estimate of drug-likeness (QED) is 0.543. The second-order valence-electron chi connectivity index (χ2n) is 7.70. The lowest BCUT2D eigenvalue weighted by molar-refractivity contribution is -0.137. The molecule has 9 heteroatoms. The fraction of sp³-hybridized carbons (Fsp3) is 0.300. The second-order valence-corrected chi connectivity index (χ2v) is 14.0. The van der Waals surface area contributed by atoms with Gasteiger partial charge in [0.05, 0.1) is 21.7 Å². The van der Waals surface area contributed by atoms with Crippen molar-refractivity contribution in [1.82, 2.24) is 0 Å². The van der Waals surface area contributed by atoms with Crippen molar-refractivity contribution >= 4 is 23.8 Å². The van der Waals surface area contributed by atoms with Crippen molar-refractivity contribution in [3.8, 4) is 11.5 Å². The molecular weight excluding hydrogens is 417 g/mol. The largest absolute Gasteiger partial charge is 0.416 e. The van der Waals surface area contributed by atoms with Gasteiger partial charge in [-0.1, -0.05) is 37.7 Å². The molecule has 3 N–H and O–H groups in total. The summed E-state index contributed by atoms with van der Waals surface area (Å²) in [4.78, 5) is -0.00236. The number of primary sulfonamides is 1. The minimum absolute atomic E-state index is 0.00236. The maximum absolute atomic E-state index is 12.7. The summed E-state index contributed by atoms with van der Waals surface area (Å²) >= 11 is 0. The SMILES string of the molecule is Cc1c(S(N)(=O)=O)ccc(NCc2ccc(C(F)(F)F)cc2)c1C#C[Si](C)(C)C. The molecule has 156 valence electrons. The molecular formula is C20H23F3N2O2SSi. The molecule has 0 unspecified atom stereocenters. The van der Waals surface area contributed by atoms with Crippen LogP contribution in [0.5, 0.6) is 0 Å². The number of anilines is 1. The van der Waals surface area contributed by atoms with Crippen molar-refractivity contribution in [2.24, 2.45) is 5.14 Å². The van der Waals surface area contributed by atoms with Crippen LogP contribution in [0.15, 0.2) is 41.3 Å². The zero-order chi connectivity index (χ0) is 22.0. The number of nitrogens with two attached hydrogens (primary N) is 1. The van der Waals surface area contributed by atoms with Crippen LogP contribution in [0.25, 0.3) is 0 Å². The fourth-order valence-corrected chi connectivity index (χ4v) is 3.85. The normalized spacial score (nSPS) is 12.3. The van der Waals surface area contributed by atoms with Crippen molar-refractivity contribution < 1.29 is 21.6 Å². The van der Waals surface area contributed by atoms with E-state index in [0.29, 0.717) is 22.4 Å². The number of alkyl halides is 3. The zero-order valence-corrected chi connectivity index (χ0v) is 18.4. The van der Waals surface area contributed by atoms with Gasteiger partial charge in [0.2, 0.25) is 10.0 Å². The van der Waals surface area contributed by atoms with Gasteiger partial charge in [-0.15, -0.1) is 5.54 Å². The third kappa shape index (κ3) is 6.35. The predicted molar refractivity (Wildman–Crippen MR) is 112 cm³/mol. The smallest absolute Gasteiger partial charge is 0.380 e. The predicted octanol–water partition coefficient (Wildman–Crippen LogP) is 4.50. The third-order valence-corrected chi connectivity index (χ3v) is 5.98. The van der Waals surface area contributed by atoms with Crippen LogP contribution >= 0.6 is 0 Å². The first kappa shape index (κ1) is 23.0. The van der Waals surface area contributed by atoms with Gasteiger partial charge in [0.1, 0.15) is 8.07 Å². The Morgan fingerprint density at radius 1 is 1.07 bits per heavy atom. The van der Waals surface area contributed by atoms with Crippen LogP contribution in [0.3, 0.4) is 0 Å². The minimum Gasteiger partial charge on any atom is -0.380 e. The summed E-state index contributed by atoms with van der Waals surface area (Å²) in [5.41, 5.74) is 4.70. The van der Waals surface area contributed by atoms with Crippen LogP contribution in [0.4, 0.5) is 18.9 Å². The molecule has 0 aliphatic heterocycles. The summed E-state index contributed by atoms with van der Waals surface area (Å²) in [7, 11) is -5.64. The minimum atomic E-state index is -4.38. The van der Waals surface area contributed by atoms with Gasteiger partial charge < -0.3 is 5.32 Å².